The predicted octanol–water partition coefficient (Wildman–Crippen LogP) is 1.75. The molecule has 1 N–H and O–H groups in total. The molecule has 0 radical (unpaired) electrons. The van der Waals surface area contributed by atoms with Crippen LogP contribution in [0.5, 0.6) is 0 Å². The fraction of sp³-hybridized carbons (Fsp3) is 0.929. The molecular formula is C14H26N2O2. The molecule has 4 heteroatoms. The predicted molar refractivity (Wildman–Crippen MR) is 71.1 cm³/mol. The van der Waals surface area contributed by atoms with Gasteiger partial charge in [-0.15, -0.1) is 0 Å². The second-order valence-corrected chi connectivity index (χ2v) is 5.92. The lowest BCUT2D eigenvalue weighted by molar-refractivity contribution is -0.136. The first-order valence-electron chi connectivity index (χ1n) is 7.24. The first-order valence-corrected chi connectivity index (χ1v) is 7.24. The number of rotatable bonds is 3. The number of hydrogen-bond donors (Lipinski definition) is 1. The summed E-state index contributed by atoms with van der Waals surface area (Å²) in [6.07, 6.45) is 3.27. The van der Waals surface area contributed by atoms with E-state index in [-0.39, 0.29) is 24.2 Å². The topological polar surface area (TPSA) is 41.6 Å². The molecule has 2 heterocycles. The molecule has 2 aliphatic rings. The Morgan fingerprint density at radius 3 is 2.78 bits per heavy atom. The van der Waals surface area contributed by atoms with Gasteiger partial charge in [0.15, 0.2) is 0 Å². The maximum Gasteiger partial charge on any atom is 0.241 e. The smallest absolute Gasteiger partial charge is 0.241 e. The molecule has 2 saturated heterocycles. The van der Waals surface area contributed by atoms with Crippen molar-refractivity contribution in [3.8, 4) is 0 Å². The summed E-state index contributed by atoms with van der Waals surface area (Å²) in [5.74, 6) is 0.735. The minimum absolute atomic E-state index is 0.00977. The van der Waals surface area contributed by atoms with Crippen LogP contribution in [0.15, 0.2) is 0 Å². The van der Waals surface area contributed by atoms with Crippen LogP contribution >= 0.6 is 0 Å². The van der Waals surface area contributed by atoms with Gasteiger partial charge in [-0.2, -0.15) is 0 Å². The van der Waals surface area contributed by atoms with Gasteiger partial charge < -0.3 is 9.64 Å². The molecule has 4 unspecified atom stereocenters. The lowest BCUT2D eigenvalue weighted by Gasteiger charge is -2.38. The maximum atomic E-state index is 12.5. The van der Waals surface area contributed by atoms with Crippen molar-refractivity contribution >= 4 is 5.91 Å². The third kappa shape index (κ3) is 2.54. The zero-order valence-corrected chi connectivity index (χ0v) is 12.0. The van der Waals surface area contributed by atoms with Crippen molar-refractivity contribution < 1.29 is 9.53 Å². The van der Waals surface area contributed by atoms with E-state index in [1.54, 1.807) is 0 Å². The molecular weight excluding hydrogens is 228 g/mol. The summed E-state index contributed by atoms with van der Waals surface area (Å²) in [5.41, 5.74) is 0. The minimum Gasteiger partial charge on any atom is -0.378 e. The zero-order chi connectivity index (χ0) is 13.3. The van der Waals surface area contributed by atoms with E-state index in [4.69, 9.17) is 4.74 Å². The molecule has 0 aromatic rings. The average Bonchev–Trinajstić information content (AvgIpc) is 2.66. The Morgan fingerprint density at radius 1 is 1.50 bits per heavy atom. The summed E-state index contributed by atoms with van der Waals surface area (Å²) in [5, 5.41) is 3.49. The van der Waals surface area contributed by atoms with Gasteiger partial charge in [0, 0.05) is 12.6 Å². The Bertz CT molecular complexity index is 306. The van der Waals surface area contributed by atoms with E-state index in [0.717, 1.165) is 25.9 Å². The third-order valence-electron chi connectivity index (χ3n) is 4.11. The van der Waals surface area contributed by atoms with E-state index in [1.807, 2.05) is 0 Å². The Hall–Kier alpha value is -0.610. The fourth-order valence-corrected chi connectivity index (χ4v) is 3.11. The van der Waals surface area contributed by atoms with Gasteiger partial charge in [-0.05, 0) is 32.1 Å². The lowest BCUT2D eigenvalue weighted by atomic mass is 10.00. The van der Waals surface area contributed by atoms with Crippen molar-refractivity contribution in [3.05, 3.63) is 0 Å². The standard InChI is InChI=1S/C14H26N2O2/c1-5-12-14(17)16(13(15-12)9(2)3)11-6-7-18-10(4)8-11/h9-13,15H,5-8H2,1-4H3. The molecule has 0 aromatic carbocycles. The Kier molecular flexibility index (Phi) is 4.28. The Labute approximate surface area is 110 Å². The summed E-state index contributed by atoms with van der Waals surface area (Å²) in [6.45, 7) is 9.31. The second-order valence-electron chi connectivity index (χ2n) is 5.92. The van der Waals surface area contributed by atoms with Gasteiger partial charge >= 0.3 is 0 Å². The van der Waals surface area contributed by atoms with Crippen molar-refractivity contribution in [2.24, 2.45) is 5.92 Å². The van der Waals surface area contributed by atoms with Crippen molar-refractivity contribution in [2.75, 3.05) is 6.61 Å². The molecule has 4 nitrogen and oxygen atoms in total. The molecule has 0 aliphatic carbocycles. The van der Waals surface area contributed by atoms with E-state index < -0.39 is 0 Å². The molecule has 2 aliphatic heterocycles. The van der Waals surface area contributed by atoms with Crippen LogP contribution < -0.4 is 5.32 Å². The first-order chi connectivity index (χ1) is 8.54. The summed E-state index contributed by atoms with van der Waals surface area (Å²) < 4.78 is 5.59. The van der Waals surface area contributed by atoms with Gasteiger partial charge in [0.2, 0.25) is 5.91 Å². The van der Waals surface area contributed by atoms with Crippen molar-refractivity contribution in [1.29, 1.82) is 0 Å². The molecule has 2 rings (SSSR count). The van der Waals surface area contributed by atoms with Crippen LogP contribution in [0.1, 0.15) is 47.0 Å². The van der Waals surface area contributed by atoms with Gasteiger partial charge in [0.25, 0.3) is 0 Å². The SMILES string of the molecule is CCC1NC(C(C)C)N(C2CCOC(C)C2)C1=O. The summed E-state index contributed by atoms with van der Waals surface area (Å²) >= 11 is 0. The second kappa shape index (κ2) is 5.57. The highest BCUT2D eigenvalue weighted by molar-refractivity contribution is 5.84. The fourth-order valence-electron chi connectivity index (χ4n) is 3.11. The average molecular weight is 254 g/mol. The molecule has 1 amide bonds. The van der Waals surface area contributed by atoms with E-state index in [2.05, 4.69) is 37.9 Å². The number of nitrogens with one attached hydrogen (secondary N) is 1. The Balaban J connectivity index is 2.14. The van der Waals surface area contributed by atoms with Crippen LogP contribution in [0.3, 0.4) is 0 Å². The van der Waals surface area contributed by atoms with E-state index in [1.165, 1.54) is 0 Å². The minimum atomic E-state index is 0.00977. The van der Waals surface area contributed by atoms with Crippen LogP contribution in [0.4, 0.5) is 0 Å². The van der Waals surface area contributed by atoms with Gasteiger partial charge in [-0.1, -0.05) is 20.8 Å². The quantitative estimate of drug-likeness (QED) is 0.834. The molecule has 104 valence electrons. The molecule has 18 heavy (non-hydrogen) atoms. The van der Waals surface area contributed by atoms with E-state index in [9.17, 15) is 4.79 Å². The molecule has 2 fully saturated rings. The van der Waals surface area contributed by atoms with E-state index in [0.29, 0.717) is 12.0 Å². The van der Waals surface area contributed by atoms with Crippen LogP contribution in [0.25, 0.3) is 0 Å². The summed E-state index contributed by atoms with van der Waals surface area (Å²) in [7, 11) is 0. The summed E-state index contributed by atoms with van der Waals surface area (Å²) in [6, 6.07) is 0.355. The van der Waals surface area contributed by atoms with Crippen LogP contribution in [-0.2, 0) is 9.53 Å². The van der Waals surface area contributed by atoms with Gasteiger partial charge in [-0.3, -0.25) is 10.1 Å². The number of nitrogens with zero attached hydrogens (tertiary/aromatic N) is 1. The van der Waals surface area contributed by atoms with Crippen LogP contribution in [-0.4, -0.2) is 41.8 Å². The van der Waals surface area contributed by atoms with Gasteiger partial charge in [0.1, 0.15) is 0 Å². The van der Waals surface area contributed by atoms with Crippen molar-refractivity contribution in [2.45, 2.75) is 71.3 Å². The number of hydrogen-bond acceptors (Lipinski definition) is 3. The highest BCUT2D eigenvalue weighted by atomic mass is 16.5. The van der Waals surface area contributed by atoms with Crippen LogP contribution in [0.2, 0.25) is 0 Å². The van der Waals surface area contributed by atoms with Crippen molar-refractivity contribution in [1.82, 2.24) is 10.2 Å². The molecule has 0 spiro atoms. The molecule has 0 bridgehead atoms. The normalized spacial score (nSPS) is 37.6. The summed E-state index contributed by atoms with van der Waals surface area (Å²) in [4.78, 5) is 14.6. The number of amides is 1. The number of carbonyl (C=O) groups excluding carboxylic acids is 1. The first kappa shape index (κ1) is 13.8. The number of ether oxygens (including phenoxy) is 1. The number of carbonyl (C=O) groups is 1. The third-order valence-corrected chi connectivity index (χ3v) is 4.11. The molecule has 0 saturated carbocycles. The highest BCUT2D eigenvalue weighted by Gasteiger charge is 2.43. The zero-order valence-electron chi connectivity index (χ0n) is 12.0. The van der Waals surface area contributed by atoms with Gasteiger partial charge in [-0.25, -0.2) is 0 Å². The lowest BCUT2D eigenvalue weighted by Crippen LogP contribution is -2.50. The largest absolute Gasteiger partial charge is 0.378 e. The van der Waals surface area contributed by atoms with Gasteiger partial charge in [0.05, 0.1) is 18.3 Å². The Morgan fingerprint density at radius 2 is 2.22 bits per heavy atom. The highest BCUT2D eigenvalue weighted by Crippen LogP contribution is 2.28. The van der Waals surface area contributed by atoms with E-state index >= 15 is 0 Å². The monoisotopic (exact) mass is 254 g/mol. The molecule has 4 atom stereocenters. The van der Waals surface area contributed by atoms with Crippen molar-refractivity contribution in [3.63, 3.8) is 0 Å². The molecule has 0 aromatic heterocycles. The van der Waals surface area contributed by atoms with Crippen LogP contribution in [0, 0.1) is 5.92 Å². The maximum absolute atomic E-state index is 12.5.